The number of rotatable bonds is 2. The number of alkyl halides is 3. The van der Waals surface area contributed by atoms with Crippen LogP contribution in [0.4, 0.5) is 0 Å². The molecule has 0 saturated carbocycles. The molecule has 0 aliphatic rings. The summed E-state index contributed by atoms with van der Waals surface area (Å²) in [6, 6.07) is 11.5. The maximum absolute atomic E-state index is 12.2. The Balaban J connectivity index is 2.41. The third kappa shape index (κ3) is 3.00. The largest absolute Gasteiger partial charge is 0.288 e. The summed E-state index contributed by atoms with van der Waals surface area (Å²) in [5, 5.41) is 0. The molecule has 0 N–H and O–H groups in total. The van der Waals surface area contributed by atoms with Gasteiger partial charge in [-0.15, -0.1) is 0 Å². The fourth-order valence-electron chi connectivity index (χ4n) is 1.61. The van der Waals surface area contributed by atoms with Crippen LogP contribution in [0.15, 0.2) is 48.7 Å². The zero-order valence-electron chi connectivity index (χ0n) is 9.52. The Bertz CT molecular complexity index is 614. The summed E-state index contributed by atoms with van der Waals surface area (Å²) < 4.78 is -0.924. The molecule has 0 saturated heterocycles. The highest BCUT2D eigenvalue weighted by Crippen LogP contribution is 2.30. The van der Waals surface area contributed by atoms with Gasteiger partial charge in [0, 0.05) is 11.8 Å². The van der Waals surface area contributed by atoms with Crippen molar-refractivity contribution in [3.8, 4) is 0 Å². The molecule has 0 bridgehead atoms. The molecule has 6 heteroatoms. The van der Waals surface area contributed by atoms with Crippen LogP contribution in [0.3, 0.4) is 0 Å². The average molecular weight is 317 g/mol. The molecule has 1 aromatic carbocycles. The summed E-state index contributed by atoms with van der Waals surface area (Å²) in [4.78, 5) is 24.2. The van der Waals surface area contributed by atoms with E-state index in [1.165, 1.54) is 16.8 Å². The van der Waals surface area contributed by atoms with Gasteiger partial charge in [-0.3, -0.25) is 14.2 Å². The van der Waals surface area contributed by atoms with E-state index in [1.807, 2.05) is 0 Å². The van der Waals surface area contributed by atoms with Crippen molar-refractivity contribution in [2.45, 2.75) is 3.79 Å². The first-order valence-corrected chi connectivity index (χ1v) is 6.43. The number of nitrogens with zero attached hydrogens (tertiary/aromatic N) is 1. The van der Waals surface area contributed by atoms with Gasteiger partial charge in [0.15, 0.2) is 0 Å². The number of carbonyl (C=O) groups is 2. The number of Topliss-reactive ketones (excluding diaryl/α,β-unsaturated/α-hetero) is 1. The number of carbonyl (C=O) groups excluding carboxylic acids is 2. The van der Waals surface area contributed by atoms with Crippen LogP contribution in [-0.2, 0) is 0 Å². The molecule has 19 heavy (non-hydrogen) atoms. The highest BCUT2D eigenvalue weighted by atomic mass is 35.6. The summed E-state index contributed by atoms with van der Waals surface area (Å²) in [7, 11) is 0. The van der Waals surface area contributed by atoms with Gasteiger partial charge in [-0.1, -0.05) is 53.0 Å². The Morgan fingerprint density at radius 2 is 1.58 bits per heavy atom. The predicted molar refractivity (Wildman–Crippen MR) is 75.2 cm³/mol. The van der Waals surface area contributed by atoms with Crippen molar-refractivity contribution in [1.29, 1.82) is 0 Å². The molecule has 1 heterocycles. The van der Waals surface area contributed by atoms with E-state index >= 15 is 0 Å². The van der Waals surface area contributed by atoms with Gasteiger partial charge in [0.1, 0.15) is 0 Å². The van der Waals surface area contributed by atoms with Gasteiger partial charge >= 0.3 is 0 Å². The summed E-state index contributed by atoms with van der Waals surface area (Å²) in [6.07, 6.45) is 1.46. The zero-order chi connectivity index (χ0) is 14.0. The van der Waals surface area contributed by atoms with Crippen molar-refractivity contribution >= 4 is 46.5 Å². The predicted octanol–water partition coefficient (Wildman–Crippen LogP) is 3.73. The van der Waals surface area contributed by atoms with Crippen molar-refractivity contribution in [1.82, 2.24) is 4.57 Å². The molecular formula is C13H8Cl3NO2. The average Bonchev–Trinajstić information content (AvgIpc) is 2.85. The van der Waals surface area contributed by atoms with Gasteiger partial charge in [0.25, 0.3) is 9.70 Å². The van der Waals surface area contributed by atoms with E-state index in [0.29, 0.717) is 5.56 Å². The molecular weight excluding hydrogens is 309 g/mol. The van der Waals surface area contributed by atoms with Gasteiger partial charge in [-0.2, -0.15) is 0 Å². The standard InChI is InChI=1S/C13H8Cl3NO2/c14-13(15,16)11(18)10-7-4-8-17(10)12(19)9-5-2-1-3-6-9/h1-8H. The van der Waals surface area contributed by atoms with E-state index in [4.69, 9.17) is 34.8 Å². The smallest absolute Gasteiger partial charge is 0.262 e. The molecule has 1 aromatic heterocycles. The summed E-state index contributed by atoms with van der Waals surface area (Å²) in [5.41, 5.74) is 0.478. The Morgan fingerprint density at radius 1 is 0.947 bits per heavy atom. The maximum atomic E-state index is 12.2. The van der Waals surface area contributed by atoms with E-state index in [0.717, 1.165) is 0 Å². The lowest BCUT2D eigenvalue weighted by molar-refractivity contribution is 0.0922. The molecule has 0 fully saturated rings. The quantitative estimate of drug-likeness (QED) is 0.625. The third-order valence-electron chi connectivity index (χ3n) is 2.48. The van der Waals surface area contributed by atoms with E-state index < -0.39 is 9.58 Å². The fourth-order valence-corrected chi connectivity index (χ4v) is 1.90. The molecule has 0 atom stereocenters. The number of ketones is 1. The topological polar surface area (TPSA) is 39.1 Å². The van der Waals surface area contributed by atoms with Crippen LogP contribution in [0, 0.1) is 0 Å². The van der Waals surface area contributed by atoms with Gasteiger partial charge in [0.05, 0.1) is 5.69 Å². The molecule has 0 amide bonds. The van der Waals surface area contributed by atoms with E-state index in [-0.39, 0.29) is 11.6 Å². The summed E-state index contributed by atoms with van der Waals surface area (Å²) in [5.74, 6) is -1.10. The second-order valence-electron chi connectivity index (χ2n) is 3.76. The van der Waals surface area contributed by atoms with Crippen LogP contribution < -0.4 is 0 Å². The molecule has 0 aliphatic carbocycles. The minimum absolute atomic E-state index is 0.0360. The summed E-state index contributed by atoms with van der Waals surface area (Å²) in [6.45, 7) is 0. The lowest BCUT2D eigenvalue weighted by Gasteiger charge is -2.11. The molecule has 3 nitrogen and oxygen atoms in total. The van der Waals surface area contributed by atoms with Gasteiger partial charge in [-0.05, 0) is 24.3 Å². The third-order valence-corrected chi connectivity index (χ3v) is 2.99. The molecule has 0 aliphatic heterocycles. The number of benzene rings is 1. The fraction of sp³-hybridized carbons (Fsp3) is 0.0769. The second-order valence-corrected chi connectivity index (χ2v) is 6.04. The van der Waals surface area contributed by atoms with Crippen LogP contribution in [0.25, 0.3) is 0 Å². The molecule has 2 rings (SSSR count). The molecule has 2 aromatic rings. The van der Waals surface area contributed by atoms with Crippen LogP contribution in [0.2, 0.25) is 0 Å². The normalized spacial score (nSPS) is 11.3. The van der Waals surface area contributed by atoms with Crippen molar-refractivity contribution in [3.63, 3.8) is 0 Å². The minimum Gasteiger partial charge on any atom is -0.288 e. The lowest BCUT2D eigenvalue weighted by Crippen LogP contribution is -2.25. The number of hydrogen-bond acceptors (Lipinski definition) is 2. The minimum atomic E-state index is -2.09. The Hall–Kier alpha value is -1.29. The Labute approximate surface area is 124 Å². The van der Waals surface area contributed by atoms with Crippen molar-refractivity contribution in [3.05, 3.63) is 59.9 Å². The van der Waals surface area contributed by atoms with Crippen molar-refractivity contribution in [2.24, 2.45) is 0 Å². The van der Waals surface area contributed by atoms with E-state index in [2.05, 4.69) is 0 Å². The maximum Gasteiger partial charge on any atom is 0.262 e. The van der Waals surface area contributed by atoms with Crippen molar-refractivity contribution < 1.29 is 9.59 Å². The zero-order valence-corrected chi connectivity index (χ0v) is 11.8. The van der Waals surface area contributed by atoms with Crippen LogP contribution >= 0.6 is 34.8 Å². The van der Waals surface area contributed by atoms with Crippen LogP contribution in [0.1, 0.15) is 20.8 Å². The number of aromatic nitrogens is 1. The van der Waals surface area contributed by atoms with Crippen LogP contribution in [0.5, 0.6) is 0 Å². The SMILES string of the molecule is O=C(c1ccccc1)n1cccc1C(=O)C(Cl)(Cl)Cl. The monoisotopic (exact) mass is 315 g/mol. The van der Waals surface area contributed by atoms with E-state index in [1.54, 1.807) is 36.4 Å². The first-order valence-electron chi connectivity index (χ1n) is 5.30. The first-order chi connectivity index (χ1) is 8.91. The lowest BCUT2D eigenvalue weighted by atomic mass is 10.2. The van der Waals surface area contributed by atoms with Gasteiger partial charge in [-0.25, -0.2) is 0 Å². The Morgan fingerprint density at radius 3 is 2.16 bits per heavy atom. The van der Waals surface area contributed by atoms with Gasteiger partial charge in [0.2, 0.25) is 5.78 Å². The highest BCUT2D eigenvalue weighted by molar-refractivity contribution is 6.77. The second kappa shape index (κ2) is 5.37. The molecule has 0 radical (unpaired) electrons. The van der Waals surface area contributed by atoms with E-state index in [9.17, 15) is 9.59 Å². The molecule has 0 unspecified atom stereocenters. The summed E-state index contributed by atoms with van der Waals surface area (Å²) >= 11 is 16.7. The molecule has 0 spiro atoms. The van der Waals surface area contributed by atoms with Crippen molar-refractivity contribution in [2.75, 3.05) is 0 Å². The molecule has 98 valence electrons. The number of halogens is 3. The van der Waals surface area contributed by atoms with Gasteiger partial charge < -0.3 is 0 Å². The Kier molecular flexibility index (Phi) is 3.99. The highest BCUT2D eigenvalue weighted by Gasteiger charge is 2.34. The number of hydrogen-bond donors (Lipinski definition) is 0. The first kappa shape index (κ1) is 14.1. The van der Waals surface area contributed by atoms with Crippen LogP contribution in [-0.4, -0.2) is 20.1 Å².